The maximum absolute atomic E-state index is 12.1. The zero-order chi connectivity index (χ0) is 26.7. The summed E-state index contributed by atoms with van der Waals surface area (Å²) in [6.45, 7) is 21.7. The Hall–Kier alpha value is -0.176. The standard InChI is InChI=1S/C30H56O4Si2/c1-20(17-27(31)32-4)23-11-12-24-28-25(14-16-30(23,24)3)29(2)15-13-22(33-35(5,6)7)18-21(29)19-26(28)34-36(8,9)10/h20-26,28H,11-19H2,1-10H3/t20?,21-,22+,23?,24?,25?,26-,28?,29?,30?/m0/s1. The minimum atomic E-state index is -1.68. The SMILES string of the molecule is COC(=O)CC(C)C1CCC2C3C(CCC12C)C1(C)CC[C@@H](O[Si](C)(C)C)C[C@H]1C[C@@H]3O[Si](C)(C)C. The molecule has 0 aliphatic heterocycles. The van der Waals surface area contributed by atoms with Crippen LogP contribution in [-0.2, 0) is 18.4 Å². The predicted molar refractivity (Wildman–Crippen MR) is 153 cm³/mol. The van der Waals surface area contributed by atoms with Crippen LogP contribution in [0.1, 0.15) is 78.6 Å². The summed E-state index contributed by atoms with van der Waals surface area (Å²) in [6.07, 6.45) is 11.6. The molecule has 10 atom stereocenters. The van der Waals surface area contributed by atoms with Gasteiger partial charge in [0.05, 0.1) is 7.11 Å². The first-order valence-electron chi connectivity index (χ1n) is 15.0. The second-order valence-electron chi connectivity index (χ2n) is 15.6. The van der Waals surface area contributed by atoms with E-state index in [1.807, 2.05) is 0 Å². The van der Waals surface area contributed by atoms with E-state index in [0.29, 0.717) is 47.2 Å². The smallest absolute Gasteiger partial charge is 0.305 e. The second-order valence-corrected chi connectivity index (χ2v) is 24.5. The first-order valence-corrected chi connectivity index (χ1v) is 21.8. The van der Waals surface area contributed by atoms with Crippen molar-refractivity contribution in [1.82, 2.24) is 0 Å². The third kappa shape index (κ3) is 5.58. The summed E-state index contributed by atoms with van der Waals surface area (Å²) in [7, 11) is -1.68. The van der Waals surface area contributed by atoms with E-state index in [-0.39, 0.29) is 5.97 Å². The van der Waals surface area contributed by atoms with Crippen molar-refractivity contribution in [3.05, 3.63) is 0 Å². The number of hydrogen-bond donors (Lipinski definition) is 0. The van der Waals surface area contributed by atoms with Gasteiger partial charge in [0.15, 0.2) is 16.6 Å². The van der Waals surface area contributed by atoms with Crippen LogP contribution < -0.4 is 0 Å². The molecule has 0 N–H and O–H groups in total. The van der Waals surface area contributed by atoms with Crippen LogP contribution in [-0.4, -0.2) is 41.9 Å². The lowest BCUT2D eigenvalue weighted by Crippen LogP contribution is -2.60. The highest BCUT2D eigenvalue weighted by atomic mass is 28.4. The van der Waals surface area contributed by atoms with Gasteiger partial charge in [0.2, 0.25) is 0 Å². The monoisotopic (exact) mass is 536 g/mol. The summed E-state index contributed by atoms with van der Waals surface area (Å²) in [6, 6.07) is 0. The predicted octanol–water partition coefficient (Wildman–Crippen LogP) is 7.89. The fourth-order valence-electron chi connectivity index (χ4n) is 9.81. The third-order valence-corrected chi connectivity index (χ3v) is 13.2. The van der Waals surface area contributed by atoms with Gasteiger partial charge in [-0.1, -0.05) is 20.8 Å². The van der Waals surface area contributed by atoms with Crippen LogP contribution in [0.2, 0.25) is 39.3 Å². The fraction of sp³-hybridized carbons (Fsp3) is 0.967. The molecule has 4 rings (SSSR count). The summed E-state index contributed by atoms with van der Waals surface area (Å²) in [5.74, 6) is 3.82. The molecule has 4 saturated carbocycles. The van der Waals surface area contributed by atoms with Gasteiger partial charge in [-0.25, -0.2) is 0 Å². The number of ether oxygens (including phenoxy) is 1. The first-order chi connectivity index (χ1) is 16.6. The van der Waals surface area contributed by atoms with Gasteiger partial charge >= 0.3 is 5.97 Å². The van der Waals surface area contributed by atoms with Crippen molar-refractivity contribution in [1.29, 1.82) is 0 Å². The Morgan fingerprint density at radius 3 is 2.08 bits per heavy atom. The van der Waals surface area contributed by atoms with Crippen LogP contribution in [0.5, 0.6) is 0 Å². The second kappa shape index (κ2) is 10.1. The van der Waals surface area contributed by atoms with Gasteiger partial charge < -0.3 is 13.6 Å². The van der Waals surface area contributed by atoms with Crippen LogP contribution in [0.3, 0.4) is 0 Å². The lowest BCUT2D eigenvalue weighted by molar-refractivity contribution is -0.169. The maximum Gasteiger partial charge on any atom is 0.305 e. The Kier molecular flexibility index (Phi) is 8.08. The van der Waals surface area contributed by atoms with Crippen LogP contribution in [0.15, 0.2) is 0 Å². The molecule has 0 aromatic rings. The highest BCUT2D eigenvalue weighted by Gasteiger charge is 2.63. The Bertz CT molecular complexity index is 804. The van der Waals surface area contributed by atoms with Crippen molar-refractivity contribution in [2.75, 3.05) is 7.11 Å². The normalized spacial score (nSPS) is 43.8. The van der Waals surface area contributed by atoms with Crippen molar-refractivity contribution in [2.24, 2.45) is 46.3 Å². The lowest BCUT2D eigenvalue weighted by atomic mass is 9.43. The number of carbonyl (C=O) groups excluding carboxylic acids is 1. The summed E-state index contributed by atoms with van der Waals surface area (Å²) in [5, 5.41) is 0. The number of fused-ring (bicyclic) bond motifs is 5. The molecule has 0 radical (unpaired) electrons. The van der Waals surface area contributed by atoms with Gasteiger partial charge in [-0.05, 0) is 137 Å². The van der Waals surface area contributed by atoms with Gasteiger partial charge in [-0.3, -0.25) is 4.79 Å². The summed E-state index contributed by atoms with van der Waals surface area (Å²) >= 11 is 0. The Morgan fingerprint density at radius 2 is 1.47 bits per heavy atom. The minimum Gasteiger partial charge on any atom is -0.469 e. The van der Waals surface area contributed by atoms with E-state index in [4.69, 9.17) is 13.6 Å². The molecule has 6 heteroatoms. The summed E-state index contributed by atoms with van der Waals surface area (Å²) in [4.78, 5) is 12.1. The molecular formula is C30H56O4Si2. The van der Waals surface area contributed by atoms with Crippen LogP contribution in [0.4, 0.5) is 0 Å². The van der Waals surface area contributed by atoms with E-state index < -0.39 is 16.6 Å². The summed E-state index contributed by atoms with van der Waals surface area (Å²) in [5.41, 5.74) is 0.733. The molecule has 0 aromatic carbocycles. The van der Waals surface area contributed by atoms with Crippen molar-refractivity contribution >= 4 is 22.6 Å². The molecule has 0 amide bonds. The number of carbonyl (C=O) groups is 1. The Morgan fingerprint density at radius 1 is 0.861 bits per heavy atom. The van der Waals surface area contributed by atoms with Crippen molar-refractivity contribution in [3.63, 3.8) is 0 Å². The van der Waals surface area contributed by atoms with E-state index in [2.05, 4.69) is 60.1 Å². The number of methoxy groups -OCH3 is 1. The molecule has 7 unspecified atom stereocenters. The number of hydrogen-bond acceptors (Lipinski definition) is 4. The molecule has 4 aliphatic rings. The van der Waals surface area contributed by atoms with Gasteiger partial charge in [0.1, 0.15) is 0 Å². The van der Waals surface area contributed by atoms with Gasteiger partial charge in [0, 0.05) is 18.6 Å². The quantitative estimate of drug-likeness (QED) is 0.245. The number of rotatable bonds is 7. The first kappa shape index (κ1) is 28.8. The van der Waals surface area contributed by atoms with Crippen LogP contribution in [0.25, 0.3) is 0 Å². The minimum absolute atomic E-state index is 0.0477. The van der Waals surface area contributed by atoms with Crippen LogP contribution in [0, 0.1) is 46.3 Å². The molecule has 208 valence electrons. The average molecular weight is 537 g/mol. The summed E-state index contributed by atoms with van der Waals surface area (Å²) < 4.78 is 18.9. The Balaban J connectivity index is 1.61. The van der Waals surface area contributed by atoms with Crippen molar-refractivity contribution in [2.45, 2.75) is 130 Å². The van der Waals surface area contributed by atoms with E-state index in [9.17, 15) is 4.79 Å². The molecule has 36 heavy (non-hydrogen) atoms. The topological polar surface area (TPSA) is 44.8 Å². The molecule has 4 aliphatic carbocycles. The van der Waals surface area contributed by atoms with Gasteiger partial charge in [-0.15, -0.1) is 0 Å². The lowest BCUT2D eigenvalue weighted by Gasteiger charge is -2.64. The van der Waals surface area contributed by atoms with Crippen molar-refractivity contribution < 1.29 is 18.4 Å². The fourth-order valence-corrected chi connectivity index (χ4v) is 12.2. The molecule has 4 fully saturated rings. The molecule has 0 heterocycles. The zero-order valence-corrected chi connectivity index (χ0v) is 27.1. The molecule has 4 nitrogen and oxygen atoms in total. The molecule has 0 saturated heterocycles. The van der Waals surface area contributed by atoms with E-state index in [1.165, 1.54) is 58.5 Å². The maximum atomic E-state index is 12.1. The van der Waals surface area contributed by atoms with Gasteiger partial charge in [-0.2, -0.15) is 0 Å². The number of esters is 1. The van der Waals surface area contributed by atoms with E-state index in [1.54, 1.807) is 0 Å². The van der Waals surface area contributed by atoms with Gasteiger partial charge in [0.25, 0.3) is 0 Å². The Labute approximate surface area is 224 Å². The van der Waals surface area contributed by atoms with E-state index >= 15 is 0 Å². The van der Waals surface area contributed by atoms with Crippen LogP contribution >= 0.6 is 0 Å². The molecule has 0 aromatic heterocycles. The van der Waals surface area contributed by atoms with Crippen molar-refractivity contribution in [3.8, 4) is 0 Å². The van der Waals surface area contributed by atoms with E-state index in [0.717, 1.165) is 17.8 Å². The zero-order valence-electron chi connectivity index (χ0n) is 25.1. The highest BCUT2D eigenvalue weighted by Crippen LogP contribution is 2.69. The highest BCUT2D eigenvalue weighted by molar-refractivity contribution is 6.70. The molecular weight excluding hydrogens is 480 g/mol. The molecule has 0 spiro atoms. The molecule has 0 bridgehead atoms. The largest absolute Gasteiger partial charge is 0.469 e. The average Bonchev–Trinajstić information content (AvgIpc) is 3.09. The third-order valence-electron chi connectivity index (χ3n) is 11.1.